The van der Waals surface area contributed by atoms with Crippen LogP contribution in [-0.4, -0.2) is 22.6 Å². The molecule has 0 atom stereocenters. The summed E-state index contributed by atoms with van der Waals surface area (Å²) >= 11 is 0. The average molecular weight is 244 g/mol. The van der Waals surface area contributed by atoms with Gasteiger partial charge in [0.05, 0.1) is 18.7 Å². The van der Waals surface area contributed by atoms with Crippen LogP contribution in [-0.2, 0) is 16.1 Å². The number of ether oxygens (including phenoxy) is 1. The van der Waals surface area contributed by atoms with Crippen LogP contribution in [0.2, 0.25) is 0 Å². The van der Waals surface area contributed by atoms with E-state index >= 15 is 0 Å². The van der Waals surface area contributed by atoms with Crippen molar-refractivity contribution in [2.24, 2.45) is 5.41 Å². The number of rotatable bonds is 3. The molecular formula is C10H13FN2O4. The van der Waals surface area contributed by atoms with Crippen molar-refractivity contribution in [1.82, 2.24) is 9.55 Å². The minimum atomic E-state index is -1.08. The van der Waals surface area contributed by atoms with Crippen molar-refractivity contribution in [2.45, 2.75) is 20.4 Å². The molecule has 0 unspecified atom stereocenters. The zero-order valence-electron chi connectivity index (χ0n) is 9.74. The molecule has 94 valence electrons. The Balaban J connectivity index is 3.12. The number of aromatic nitrogens is 2. The topological polar surface area (TPSA) is 81.2 Å². The molecule has 7 heteroatoms. The normalized spacial score (nSPS) is 11.3. The van der Waals surface area contributed by atoms with Crippen molar-refractivity contribution in [3.05, 3.63) is 32.9 Å². The summed E-state index contributed by atoms with van der Waals surface area (Å²) in [6.45, 7) is 3.01. The van der Waals surface area contributed by atoms with E-state index in [0.717, 1.165) is 10.8 Å². The van der Waals surface area contributed by atoms with Gasteiger partial charge in [-0.3, -0.25) is 19.1 Å². The molecule has 17 heavy (non-hydrogen) atoms. The third kappa shape index (κ3) is 2.80. The van der Waals surface area contributed by atoms with Gasteiger partial charge in [-0.1, -0.05) is 0 Å². The van der Waals surface area contributed by atoms with Crippen LogP contribution in [0.15, 0.2) is 15.8 Å². The van der Waals surface area contributed by atoms with Crippen LogP contribution in [0.25, 0.3) is 0 Å². The average Bonchev–Trinajstić information content (AvgIpc) is 2.24. The Morgan fingerprint density at radius 3 is 2.65 bits per heavy atom. The summed E-state index contributed by atoms with van der Waals surface area (Å²) in [6, 6.07) is 0. The van der Waals surface area contributed by atoms with Gasteiger partial charge < -0.3 is 4.74 Å². The van der Waals surface area contributed by atoms with E-state index in [0.29, 0.717) is 0 Å². The van der Waals surface area contributed by atoms with Crippen molar-refractivity contribution < 1.29 is 13.9 Å². The molecular weight excluding hydrogens is 231 g/mol. The van der Waals surface area contributed by atoms with E-state index in [4.69, 9.17) is 0 Å². The summed E-state index contributed by atoms with van der Waals surface area (Å²) < 4.78 is 18.5. The van der Waals surface area contributed by atoms with Gasteiger partial charge in [0.25, 0.3) is 5.56 Å². The lowest BCUT2D eigenvalue weighted by Crippen LogP contribution is -2.38. The lowest BCUT2D eigenvalue weighted by Gasteiger charge is -2.21. The van der Waals surface area contributed by atoms with Crippen LogP contribution in [0.1, 0.15) is 13.8 Å². The summed E-state index contributed by atoms with van der Waals surface area (Å²) in [4.78, 5) is 35.4. The lowest BCUT2D eigenvalue weighted by atomic mass is 9.94. The summed E-state index contributed by atoms with van der Waals surface area (Å²) in [5, 5.41) is 0. The Kier molecular flexibility index (Phi) is 3.50. The number of esters is 1. The first kappa shape index (κ1) is 13.1. The van der Waals surface area contributed by atoms with Gasteiger partial charge in [-0.25, -0.2) is 4.79 Å². The van der Waals surface area contributed by atoms with E-state index in [-0.39, 0.29) is 6.54 Å². The van der Waals surface area contributed by atoms with Crippen LogP contribution in [0.4, 0.5) is 4.39 Å². The molecule has 0 bridgehead atoms. The van der Waals surface area contributed by atoms with E-state index in [1.165, 1.54) is 7.11 Å². The highest BCUT2D eigenvalue weighted by atomic mass is 19.1. The fraction of sp³-hybridized carbons (Fsp3) is 0.500. The van der Waals surface area contributed by atoms with Crippen molar-refractivity contribution >= 4 is 5.97 Å². The quantitative estimate of drug-likeness (QED) is 0.751. The Hall–Kier alpha value is -1.92. The molecule has 1 heterocycles. The van der Waals surface area contributed by atoms with Gasteiger partial charge in [0.1, 0.15) is 0 Å². The molecule has 1 rings (SSSR count). The zero-order valence-corrected chi connectivity index (χ0v) is 9.74. The third-order valence-electron chi connectivity index (χ3n) is 2.27. The molecule has 0 aliphatic heterocycles. The number of halogens is 1. The molecule has 6 nitrogen and oxygen atoms in total. The van der Waals surface area contributed by atoms with Crippen molar-refractivity contribution in [2.75, 3.05) is 7.11 Å². The first-order valence-electron chi connectivity index (χ1n) is 4.85. The predicted molar refractivity (Wildman–Crippen MR) is 57.1 cm³/mol. The van der Waals surface area contributed by atoms with Gasteiger partial charge in [0.15, 0.2) is 0 Å². The first-order chi connectivity index (χ1) is 7.77. The molecule has 0 aliphatic rings. The summed E-state index contributed by atoms with van der Waals surface area (Å²) in [6.07, 6.45) is 0.770. The highest BCUT2D eigenvalue weighted by molar-refractivity contribution is 5.75. The van der Waals surface area contributed by atoms with Crippen molar-refractivity contribution in [1.29, 1.82) is 0 Å². The number of hydrogen-bond acceptors (Lipinski definition) is 4. The second kappa shape index (κ2) is 4.52. The molecule has 0 radical (unpaired) electrons. The molecule has 0 amide bonds. The van der Waals surface area contributed by atoms with Gasteiger partial charge in [-0.15, -0.1) is 0 Å². The van der Waals surface area contributed by atoms with Gasteiger partial charge in [0, 0.05) is 6.54 Å². The molecule has 1 aromatic rings. The number of hydrogen-bond donors (Lipinski definition) is 1. The number of nitrogens with zero attached hydrogens (tertiary/aromatic N) is 1. The maximum absolute atomic E-state index is 13.0. The van der Waals surface area contributed by atoms with Crippen molar-refractivity contribution in [3.8, 4) is 0 Å². The molecule has 0 fully saturated rings. The minimum Gasteiger partial charge on any atom is -0.469 e. The summed E-state index contributed by atoms with van der Waals surface area (Å²) in [5.41, 5.74) is -2.85. The molecule has 0 saturated heterocycles. The van der Waals surface area contributed by atoms with Gasteiger partial charge in [-0.05, 0) is 13.8 Å². The van der Waals surface area contributed by atoms with Crippen LogP contribution < -0.4 is 11.2 Å². The molecule has 0 aliphatic carbocycles. The van der Waals surface area contributed by atoms with Crippen LogP contribution >= 0.6 is 0 Å². The number of H-pyrrole nitrogens is 1. The number of nitrogens with one attached hydrogen (secondary N) is 1. The smallest absolute Gasteiger partial charge is 0.328 e. The fourth-order valence-corrected chi connectivity index (χ4v) is 1.37. The minimum absolute atomic E-state index is 0.0911. The van der Waals surface area contributed by atoms with E-state index in [9.17, 15) is 18.8 Å². The number of carbonyl (C=O) groups excluding carboxylic acids is 1. The summed E-state index contributed by atoms with van der Waals surface area (Å²) in [5.74, 6) is -1.61. The van der Waals surface area contributed by atoms with E-state index in [1.54, 1.807) is 13.8 Å². The van der Waals surface area contributed by atoms with E-state index in [1.807, 2.05) is 4.98 Å². The van der Waals surface area contributed by atoms with Gasteiger partial charge in [-0.2, -0.15) is 4.39 Å². The highest BCUT2D eigenvalue weighted by Crippen LogP contribution is 2.18. The maximum Gasteiger partial charge on any atom is 0.328 e. The lowest BCUT2D eigenvalue weighted by molar-refractivity contribution is -0.151. The molecule has 0 aromatic carbocycles. The molecule has 1 aromatic heterocycles. The highest BCUT2D eigenvalue weighted by Gasteiger charge is 2.29. The van der Waals surface area contributed by atoms with Gasteiger partial charge in [0.2, 0.25) is 5.82 Å². The van der Waals surface area contributed by atoms with E-state index < -0.39 is 28.5 Å². The second-order valence-electron chi connectivity index (χ2n) is 4.24. The largest absolute Gasteiger partial charge is 0.469 e. The summed E-state index contributed by atoms with van der Waals surface area (Å²) in [7, 11) is 1.22. The first-order valence-corrected chi connectivity index (χ1v) is 4.85. The van der Waals surface area contributed by atoms with Crippen LogP contribution in [0.5, 0.6) is 0 Å². The Morgan fingerprint density at radius 2 is 2.12 bits per heavy atom. The monoisotopic (exact) mass is 244 g/mol. The zero-order chi connectivity index (χ0) is 13.2. The number of methoxy groups -OCH3 is 1. The third-order valence-corrected chi connectivity index (χ3v) is 2.27. The molecule has 0 spiro atoms. The van der Waals surface area contributed by atoms with Gasteiger partial charge >= 0.3 is 11.7 Å². The predicted octanol–water partition coefficient (Wildman–Crippen LogP) is -0.125. The number of carbonyl (C=O) groups is 1. The Labute approximate surface area is 96.0 Å². The van der Waals surface area contributed by atoms with Crippen LogP contribution in [0, 0.1) is 11.2 Å². The van der Waals surface area contributed by atoms with Crippen molar-refractivity contribution in [3.63, 3.8) is 0 Å². The van der Waals surface area contributed by atoms with E-state index in [2.05, 4.69) is 4.74 Å². The molecule has 1 N–H and O–H groups in total. The van der Waals surface area contributed by atoms with Crippen LogP contribution in [0.3, 0.4) is 0 Å². The number of aromatic amines is 1. The fourth-order valence-electron chi connectivity index (χ4n) is 1.37. The Morgan fingerprint density at radius 1 is 1.53 bits per heavy atom. The standard InChI is InChI=1S/C10H13FN2O4/c1-10(2,8(15)17-3)5-13-4-6(11)7(14)12-9(13)16/h4H,5H2,1-3H3,(H,12,14,16). The SMILES string of the molecule is COC(=O)C(C)(C)Cn1cc(F)c(=O)[nH]c1=O. The maximum atomic E-state index is 13.0. The Bertz CT molecular complexity index is 544. The second-order valence-corrected chi connectivity index (χ2v) is 4.24. The molecule has 0 saturated carbocycles.